The van der Waals surface area contributed by atoms with Gasteiger partial charge in [0.25, 0.3) is 5.91 Å². The number of ketones is 4. The van der Waals surface area contributed by atoms with Gasteiger partial charge >= 0.3 is 5.97 Å². The van der Waals surface area contributed by atoms with E-state index in [9.17, 15) is 33.9 Å². The van der Waals surface area contributed by atoms with Gasteiger partial charge in [-0.15, -0.1) is 0 Å². The highest BCUT2D eigenvalue weighted by Crippen LogP contribution is 2.30. The van der Waals surface area contributed by atoms with Crippen molar-refractivity contribution in [2.24, 2.45) is 17.8 Å². The molecule has 1 saturated carbocycles. The van der Waals surface area contributed by atoms with Gasteiger partial charge in [-0.1, -0.05) is 57.2 Å². The number of hydrogen-bond donors (Lipinski definition) is 2. The number of methoxy groups -OCH3 is 1. The summed E-state index contributed by atoms with van der Waals surface area (Å²) >= 11 is 0. The number of amides is 1. The van der Waals surface area contributed by atoms with E-state index < -0.39 is 77.1 Å². The minimum absolute atomic E-state index is 0.00189. The second-order valence-electron chi connectivity index (χ2n) is 9.74. The molecule has 39 heavy (non-hydrogen) atoms. The number of ether oxygens (including phenoxy) is 2. The molecule has 0 aromatic heterocycles. The summed E-state index contributed by atoms with van der Waals surface area (Å²) < 4.78 is 10.6. The SMILES string of the molecule is COc1cccc(C(=O)N[C@H]2CC(=O)C(=O)[C@H](Cc3ccccc3)[C@H](OC(=O)C(C)C)[C@H](C)C(=O)C2=O)c1O. The molecule has 2 aromatic carbocycles. The largest absolute Gasteiger partial charge is 0.504 e. The Hall–Kier alpha value is -4.34. The molecular weight excluding hydrogens is 506 g/mol. The topological polar surface area (TPSA) is 153 Å². The van der Waals surface area contributed by atoms with Gasteiger partial charge in [0.15, 0.2) is 11.5 Å². The van der Waals surface area contributed by atoms with Crippen LogP contribution in [-0.2, 0) is 35.1 Å². The van der Waals surface area contributed by atoms with Crippen LogP contribution in [0.2, 0.25) is 0 Å². The lowest BCUT2D eigenvalue weighted by molar-refractivity contribution is -0.163. The Morgan fingerprint density at radius 1 is 0.974 bits per heavy atom. The first-order valence-electron chi connectivity index (χ1n) is 12.5. The van der Waals surface area contributed by atoms with E-state index in [2.05, 4.69) is 5.32 Å². The lowest BCUT2D eigenvalue weighted by Gasteiger charge is -2.29. The van der Waals surface area contributed by atoms with Gasteiger partial charge in [-0.2, -0.15) is 0 Å². The molecule has 10 nitrogen and oxygen atoms in total. The summed E-state index contributed by atoms with van der Waals surface area (Å²) in [6.45, 7) is 4.51. The molecule has 0 saturated heterocycles. The number of aromatic hydroxyl groups is 1. The summed E-state index contributed by atoms with van der Waals surface area (Å²) in [5.41, 5.74) is 0.407. The number of Topliss-reactive ketones (excluding diaryl/α,β-unsaturated/α-hetero) is 4. The minimum atomic E-state index is -1.67. The molecule has 0 aliphatic heterocycles. The monoisotopic (exact) mass is 537 g/mol. The van der Waals surface area contributed by atoms with Crippen LogP contribution >= 0.6 is 0 Å². The Kier molecular flexibility index (Phi) is 9.34. The average molecular weight is 538 g/mol. The van der Waals surface area contributed by atoms with Gasteiger partial charge in [-0.05, 0) is 24.1 Å². The van der Waals surface area contributed by atoms with E-state index in [0.29, 0.717) is 5.56 Å². The number of nitrogens with one attached hydrogen (secondary N) is 1. The first-order chi connectivity index (χ1) is 18.5. The number of rotatable bonds is 7. The molecule has 1 aliphatic carbocycles. The average Bonchev–Trinajstić information content (AvgIpc) is 2.94. The molecule has 10 heteroatoms. The van der Waals surface area contributed by atoms with Crippen molar-refractivity contribution >= 4 is 35.0 Å². The quantitative estimate of drug-likeness (QED) is 0.400. The van der Waals surface area contributed by atoms with Gasteiger partial charge < -0.3 is 19.9 Å². The van der Waals surface area contributed by atoms with Crippen molar-refractivity contribution in [1.29, 1.82) is 0 Å². The fourth-order valence-electron chi connectivity index (χ4n) is 4.38. The summed E-state index contributed by atoms with van der Waals surface area (Å²) in [4.78, 5) is 78.7. The first kappa shape index (κ1) is 29.2. The van der Waals surface area contributed by atoms with Crippen molar-refractivity contribution in [3.63, 3.8) is 0 Å². The highest BCUT2D eigenvalue weighted by molar-refractivity contribution is 6.44. The number of carbonyl (C=O) groups excluding carboxylic acids is 6. The first-order valence-corrected chi connectivity index (χ1v) is 12.5. The molecule has 2 N–H and O–H groups in total. The molecule has 0 radical (unpaired) electrons. The van der Waals surface area contributed by atoms with Crippen molar-refractivity contribution in [1.82, 2.24) is 5.32 Å². The number of carbonyl (C=O) groups is 6. The van der Waals surface area contributed by atoms with Crippen LogP contribution in [0.15, 0.2) is 48.5 Å². The number of hydrogen-bond acceptors (Lipinski definition) is 9. The zero-order valence-corrected chi connectivity index (χ0v) is 22.1. The van der Waals surface area contributed by atoms with Crippen molar-refractivity contribution in [3.05, 3.63) is 59.7 Å². The number of esters is 1. The standard InChI is InChI=1S/C29H31NO9/c1-15(2)29(37)39-27-16(3)23(32)26(35)20(30-28(36)18-11-8-12-22(38-4)25(18)34)14-21(31)24(33)19(27)13-17-9-6-5-7-10-17/h5-12,15-16,19-20,27,34H,13-14H2,1-4H3,(H,30,36)/t16-,19+,20+,27-/m1/s1. The molecule has 0 unspecified atom stereocenters. The molecule has 0 spiro atoms. The number of phenolic OH excluding ortho intramolecular Hbond substituents is 1. The molecule has 4 atom stereocenters. The number of para-hydroxylation sites is 1. The van der Waals surface area contributed by atoms with Gasteiger partial charge in [0.2, 0.25) is 23.1 Å². The van der Waals surface area contributed by atoms with E-state index in [-0.39, 0.29) is 17.7 Å². The highest BCUT2D eigenvalue weighted by atomic mass is 16.5. The van der Waals surface area contributed by atoms with Crippen LogP contribution in [0.5, 0.6) is 11.5 Å². The van der Waals surface area contributed by atoms with E-state index >= 15 is 0 Å². The van der Waals surface area contributed by atoms with Gasteiger partial charge in [-0.25, -0.2) is 0 Å². The fraction of sp³-hybridized carbons (Fsp3) is 0.379. The third-order valence-corrected chi connectivity index (χ3v) is 6.65. The Morgan fingerprint density at radius 3 is 2.26 bits per heavy atom. The van der Waals surface area contributed by atoms with Crippen molar-refractivity contribution < 1.29 is 43.3 Å². The predicted molar refractivity (Wildman–Crippen MR) is 138 cm³/mol. The molecule has 206 valence electrons. The lowest BCUT2D eigenvalue weighted by Crippen LogP contribution is -2.47. The fourth-order valence-corrected chi connectivity index (χ4v) is 4.38. The van der Waals surface area contributed by atoms with Crippen molar-refractivity contribution in [2.45, 2.75) is 45.8 Å². The smallest absolute Gasteiger partial charge is 0.308 e. The predicted octanol–water partition coefficient (Wildman–Crippen LogP) is 2.24. The van der Waals surface area contributed by atoms with E-state index in [1.165, 1.54) is 32.2 Å². The number of phenols is 1. The Balaban J connectivity index is 2.00. The summed E-state index contributed by atoms with van der Waals surface area (Å²) in [5.74, 6) is -9.30. The maximum absolute atomic E-state index is 13.5. The second-order valence-corrected chi connectivity index (χ2v) is 9.74. The molecule has 2 aromatic rings. The molecule has 3 rings (SSSR count). The highest BCUT2D eigenvalue weighted by Gasteiger charge is 2.46. The Bertz CT molecular complexity index is 1280. The van der Waals surface area contributed by atoms with Crippen LogP contribution < -0.4 is 10.1 Å². The Morgan fingerprint density at radius 2 is 1.64 bits per heavy atom. The van der Waals surface area contributed by atoms with E-state index in [1.54, 1.807) is 44.2 Å². The molecular formula is C29H31NO9. The summed E-state index contributed by atoms with van der Waals surface area (Å²) in [5, 5.41) is 12.6. The number of benzene rings is 2. The molecule has 1 aliphatic rings. The van der Waals surface area contributed by atoms with Crippen LogP contribution in [0.25, 0.3) is 0 Å². The Labute approximate surface area is 225 Å². The van der Waals surface area contributed by atoms with Crippen molar-refractivity contribution in [3.8, 4) is 11.5 Å². The summed E-state index contributed by atoms with van der Waals surface area (Å²) in [7, 11) is 1.29. The third-order valence-electron chi connectivity index (χ3n) is 6.65. The van der Waals surface area contributed by atoms with Crippen LogP contribution in [0.4, 0.5) is 0 Å². The summed E-state index contributed by atoms with van der Waals surface area (Å²) in [6, 6.07) is 11.1. The van der Waals surface area contributed by atoms with E-state index in [1.807, 2.05) is 0 Å². The van der Waals surface area contributed by atoms with Gasteiger partial charge in [0, 0.05) is 6.42 Å². The van der Waals surface area contributed by atoms with Crippen LogP contribution in [0, 0.1) is 17.8 Å². The maximum Gasteiger partial charge on any atom is 0.308 e. The molecule has 0 bridgehead atoms. The molecule has 1 amide bonds. The zero-order chi connectivity index (χ0) is 28.9. The normalized spacial score (nSPS) is 22.1. The van der Waals surface area contributed by atoms with Crippen LogP contribution in [-0.4, -0.2) is 59.4 Å². The van der Waals surface area contributed by atoms with Gasteiger partial charge in [-0.3, -0.25) is 28.8 Å². The van der Waals surface area contributed by atoms with Crippen LogP contribution in [0.1, 0.15) is 43.1 Å². The molecule has 0 heterocycles. The van der Waals surface area contributed by atoms with Gasteiger partial charge in [0.05, 0.1) is 30.4 Å². The lowest BCUT2D eigenvalue weighted by atomic mass is 9.81. The van der Waals surface area contributed by atoms with E-state index in [4.69, 9.17) is 9.47 Å². The van der Waals surface area contributed by atoms with Crippen molar-refractivity contribution in [2.75, 3.05) is 7.11 Å². The molecule has 1 fully saturated rings. The summed E-state index contributed by atoms with van der Waals surface area (Å²) in [6.07, 6.45) is -2.17. The van der Waals surface area contributed by atoms with Gasteiger partial charge in [0.1, 0.15) is 12.1 Å². The minimum Gasteiger partial charge on any atom is -0.504 e. The third kappa shape index (κ3) is 6.57. The zero-order valence-electron chi connectivity index (χ0n) is 22.1. The second kappa shape index (κ2) is 12.5. The van der Waals surface area contributed by atoms with Crippen LogP contribution in [0.3, 0.4) is 0 Å². The maximum atomic E-state index is 13.5. The van der Waals surface area contributed by atoms with E-state index in [0.717, 1.165) is 0 Å².